The number of hydrogen-bond donors (Lipinski definition) is 1. The zero-order chi connectivity index (χ0) is 15.4. The van der Waals surface area contributed by atoms with Crippen molar-refractivity contribution in [3.63, 3.8) is 0 Å². The molecular formula is C15H19ClN4O. The molecule has 1 aromatic heterocycles. The standard InChI is InChI=1S/C15H19ClN4O/c1-10(8-11-6-4-5-7-12(11)21-3)20(2)15-13(16)14(17)18-9-19-15/h4-7,9-10H,8H2,1-3H3,(H2,17,18,19). The largest absolute Gasteiger partial charge is 0.496 e. The molecule has 0 bridgehead atoms. The van der Waals surface area contributed by atoms with Gasteiger partial charge < -0.3 is 15.4 Å². The first-order valence-electron chi connectivity index (χ1n) is 6.65. The lowest BCUT2D eigenvalue weighted by atomic mass is 10.1. The van der Waals surface area contributed by atoms with E-state index in [9.17, 15) is 0 Å². The smallest absolute Gasteiger partial charge is 0.153 e. The average molecular weight is 307 g/mol. The quantitative estimate of drug-likeness (QED) is 0.920. The molecule has 0 spiro atoms. The van der Waals surface area contributed by atoms with E-state index in [-0.39, 0.29) is 11.9 Å². The van der Waals surface area contributed by atoms with Gasteiger partial charge in [0.2, 0.25) is 0 Å². The van der Waals surface area contributed by atoms with Crippen molar-refractivity contribution in [2.75, 3.05) is 24.8 Å². The molecule has 5 nitrogen and oxygen atoms in total. The number of rotatable bonds is 5. The molecule has 21 heavy (non-hydrogen) atoms. The van der Waals surface area contributed by atoms with Gasteiger partial charge in [-0.1, -0.05) is 29.8 Å². The molecule has 1 heterocycles. The Balaban J connectivity index is 2.20. The molecule has 6 heteroatoms. The van der Waals surface area contributed by atoms with E-state index >= 15 is 0 Å². The lowest BCUT2D eigenvalue weighted by Gasteiger charge is -2.27. The Labute approximate surface area is 129 Å². The summed E-state index contributed by atoms with van der Waals surface area (Å²) in [5.74, 6) is 1.80. The normalized spacial score (nSPS) is 12.0. The van der Waals surface area contributed by atoms with Gasteiger partial charge in [0.15, 0.2) is 5.82 Å². The summed E-state index contributed by atoms with van der Waals surface area (Å²) < 4.78 is 5.38. The third-order valence-electron chi connectivity index (χ3n) is 3.50. The molecule has 0 saturated heterocycles. The molecule has 1 atom stereocenters. The number of para-hydroxylation sites is 1. The van der Waals surface area contributed by atoms with Crippen LogP contribution in [0.2, 0.25) is 5.02 Å². The van der Waals surface area contributed by atoms with Crippen LogP contribution < -0.4 is 15.4 Å². The lowest BCUT2D eigenvalue weighted by Crippen LogP contribution is -2.32. The summed E-state index contributed by atoms with van der Waals surface area (Å²) >= 11 is 6.18. The van der Waals surface area contributed by atoms with Crippen molar-refractivity contribution in [1.82, 2.24) is 9.97 Å². The van der Waals surface area contributed by atoms with Gasteiger partial charge in [0.25, 0.3) is 0 Å². The van der Waals surface area contributed by atoms with Crippen LogP contribution in [0.5, 0.6) is 5.75 Å². The van der Waals surface area contributed by atoms with E-state index in [2.05, 4.69) is 23.0 Å². The van der Waals surface area contributed by atoms with Gasteiger partial charge in [-0.3, -0.25) is 0 Å². The summed E-state index contributed by atoms with van der Waals surface area (Å²) in [6, 6.07) is 8.14. The van der Waals surface area contributed by atoms with E-state index in [1.807, 2.05) is 30.1 Å². The summed E-state index contributed by atoms with van der Waals surface area (Å²) in [6.45, 7) is 2.10. The van der Waals surface area contributed by atoms with E-state index in [0.717, 1.165) is 17.7 Å². The monoisotopic (exact) mass is 306 g/mol. The van der Waals surface area contributed by atoms with Crippen LogP contribution in [-0.2, 0) is 6.42 Å². The third kappa shape index (κ3) is 3.36. The lowest BCUT2D eigenvalue weighted by molar-refractivity contribution is 0.408. The summed E-state index contributed by atoms with van der Waals surface area (Å²) in [5.41, 5.74) is 6.86. The molecule has 2 N–H and O–H groups in total. The number of hydrogen-bond acceptors (Lipinski definition) is 5. The van der Waals surface area contributed by atoms with Gasteiger partial charge in [0.1, 0.15) is 22.9 Å². The van der Waals surface area contributed by atoms with Crippen molar-refractivity contribution in [2.24, 2.45) is 0 Å². The SMILES string of the molecule is COc1ccccc1CC(C)N(C)c1ncnc(N)c1Cl. The van der Waals surface area contributed by atoms with Crippen LogP contribution >= 0.6 is 11.6 Å². The number of aromatic nitrogens is 2. The van der Waals surface area contributed by atoms with E-state index < -0.39 is 0 Å². The highest BCUT2D eigenvalue weighted by atomic mass is 35.5. The van der Waals surface area contributed by atoms with Gasteiger partial charge in [-0.25, -0.2) is 9.97 Å². The molecule has 1 aromatic carbocycles. The van der Waals surface area contributed by atoms with Crippen LogP contribution in [0.1, 0.15) is 12.5 Å². The van der Waals surface area contributed by atoms with Crippen LogP contribution in [0, 0.1) is 0 Å². The molecule has 0 aliphatic carbocycles. The molecule has 0 fully saturated rings. The van der Waals surface area contributed by atoms with Crippen molar-refractivity contribution in [3.05, 3.63) is 41.2 Å². The number of nitrogens with two attached hydrogens (primary N) is 1. The van der Waals surface area contributed by atoms with Crippen molar-refractivity contribution in [1.29, 1.82) is 0 Å². The second kappa shape index (κ2) is 6.63. The van der Waals surface area contributed by atoms with Crippen LogP contribution in [0.25, 0.3) is 0 Å². The second-order valence-corrected chi connectivity index (χ2v) is 5.25. The van der Waals surface area contributed by atoms with Crippen LogP contribution in [0.3, 0.4) is 0 Å². The first-order valence-corrected chi connectivity index (χ1v) is 7.03. The average Bonchev–Trinajstić information content (AvgIpc) is 2.50. The number of halogens is 1. The summed E-state index contributed by atoms with van der Waals surface area (Å²) in [7, 11) is 3.61. The van der Waals surface area contributed by atoms with Crippen LogP contribution in [-0.4, -0.2) is 30.2 Å². The molecule has 0 amide bonds. The number of benzene rings is 1. The number of anilines is 2. The minimum absolute atomic E-state index is 0.174. The number of likely N-dealkylation sites (N-methyl/N-ethyl adjacent to an activating group) is 1. The van der Waals surface area contributed by atoms with Gasteiger partial charge in [0.05, 0.1) is 7.11 Å². The number of nitrogen functional groups attached to an aromatic ring is 1. The maximum absolute atomic E-state index is 6.18. The highest BCUT2D eigenvalue weighted by Crippen LogP contribution is 2.28. The van der Waals surface area contributed by atoms with E-state index in [0.29, 0.717) is 10.8 Å². The van der Waals surface area contributed by atoms with Crippen LogP contribution in [0.4, 0.5) is 11.6 Å². The summed E-state index contributed by atoms with van der Waals surface area (Å²) in [5, 5.41) is 0.381. The van der Waals surface area contributed by atoms with Gasteiger partial charge in [-0.15, -0.1) is 0 Å². The Morgan fingerprint density at radius 3 is 2.76 bits per heavy atom. The molecule has 0 saturated carbocycles. The van der Waals surface area contributed by atoms with Gasteiger partial charge in [-0.05, 0) is 25.0 Å². The van der Waals surface area contributed by atoms with E-state index in [1.165, 1.54) is 6.33 Å². The van der Waals surface area contributed by atoms with Gasteiger partial charge >= 0.3 is 0 Å². The first kappa shape index (κ1) is 15.4. The third-order valence-corrected chi connectivity index (χ3v) is 3.86. The summed E-state index contributed by atoms with van der Waals surface area (Å²) in [6.07, 6.45) is 2.23. The first-order chi connectivity index (χ1) is 10.0. The molecular weight excluding hydrogens is 288 g/mol. The highest BCUT2D eigenvalue weighted by molar-refractivity contribution is 6.35. The van der Waals surface area contributed by atoms with Crippen molar-refractivity contribution >= 4 is 23.2 Å². The minimum Gasteiger partial charge on any atom is -0.496 e. The minimum atomic E-state index is 0.174. The van der Waals surface area contributed by atoms with Gasteiger partial charge in [0, 0.05) is 13.1 Å². The molecule has 112 valence electrons. The maximum Gasteiger partial charge on any atom is 0.153 e. The fraction of sp³-hybridized carbons (Fsp3) is 0.333. The Morgan fingerprint density at radius 2 is 2.05 bits per heavy atom. The number of ether oxygens (including phenoxy) is 1. The molecule has 0 aliphatic heterocycles. The molecule has 2 aromatic rings. The predicted octanol–water partition coefficient (Wildman–Crippen LogP) is 2.79. The fourth-order valence-electron chi connectivity index (χ4n) is 2.16. The molecule has 1 unspecified atom stereocenters. The summed E-state index contributed by atoms with van der Waals surface area (Å²) in [4.78, 5) is 10.1. The van der Waals surface area contributed by atoms with Crippen molar-refractivity contribution in [2.45, 2.75) is 19.4 Å². The second-order valence-electron chi connectivity index (χ2n) is 4.87. The Bertz CT molecular complexity index is 620. The van der Waals surface area contributed by atoms with Gasteiger partial charge in [-0.2, -0.15) is 0 Å². The zero-order valence-electron chi connectivity index (χ0n) is 12.4. The maximum atomic E-state index is 6.18. The Hall–Kier alpha value is -2.01. The van der Waals surface area contributed by atoms with E-state index in [4.69, 9.17) is 22.1 Å². The highest BCUT2D eigenvalue weighted by Gasteiger charge is 2.18. The number of methoxy groups -OCH3 is 1. The zero-order valence-corrected chi connectivity index (χ0v) is 13.1. The molecule has 0 aliphatic rings. The predicted molar refractivity (Wildman–Crippen MR) is 86.0 cm³/mol. The van der Waals surface area contributed by atoms with Crippen molar-refractivity contribution < 1.29 is 4.74 Å². The van der Waals surface area contributed by atoms with Crippen LogP contribution in [0.15, 0.2) is 30.6 Å². The van der Waals surface area contributed by atoms with Crippen molar-refractivity contribution in [3.8, 4) is 5.75 Å². The number of nitrogens with zero attached hydrogens (tertiary/aromatic N) is 3. The topological polar surface area (TPSA) is 64.3 Å². The molecule has 2 rings (SSSR count). The Morgan fingerprint density at radius 1 is 1.33 bits per heavy atom. The van der Waals surface area contributed by atoms with E-state index in [1.54, 1.807) is 7.11 Å². The Kier molecular flexibility index (Phi) is 4.85. The molecule has 0 radical (unpaired) electrons. The fourth-order valence-corrected chi connectivity index (χ4v) is 2.39.